The molecule has 0 saturated heterocycles. The molecule has 114 valence electrons. The van der Waals surface area contributed by atoms with Gasteiger partial charge in [-0.05, 0) is 37.6 Å². The van der Waals surface area contributed by atoms with Crippen molar-refractivity contribution >= 4 is 0 Å². The van der Waals surface area contributed by atoms with E-state index in [2.05, 4.69) is 35.3 Å². The van der Waals surface area contributed by atoms with Gasteiger partial charge in [0, 0.05) is 19.2 Å². The molecule has 0 spiro atoms. The minimum Gasteiger partial charge on any atom is -0.308 e. The monoisotopic (exact) mass is 290 g/mol. The van der Waals surface area contributed by atoms with E-state index in [-0.39, 0.29) is 11.9 Å². The van der Waals surface area contributed by atoms with Crippen LogP contribution in [0, 0.1) is 5.82 Å². The Hall–Kier alpha value is -1.75. The van der Waals surface area contributed by atoms with Crippen LogP contribution in [0.4, 0.5) is 4.39 Å². The first kappa shape index (κ1) is 15.6. The molecule has 0 aliphatic carbocycles. The lowest BCUT2D eigenvalue weighted by atomic mass is 10.1. The highest BCUT2D eigenvalue weighted by Crippen LogP contribution is 2.18. The molecule has 2 aromatic heterocycles. The van der Waals surface area contributed by atoms with Gasteiger partial charge in [0.25, 0.3) is 0 Å². The molecule has 1 atom stereocenters. The van der Waals surface area contributed by atoms with Crippen LogP contribution in [0.1, 0.15) is 43.4 Å². The zero-order valence-electron chi connectivity index (χ0n) is 12.9. The Morgan fingerprint density at radius 1 is 1.33 bits per heavy atom. The van der Waals surface area contributed by atoms with E-state index in [1.54, 1.807) is 6.07 Å². The van der Waals surface area contributed by atoms with Gasteiger partial charge in [-0.2, -0.15) is 5.10 Å². The van der Waals surface area contributed by atoms with Crippen LogP contribution in [0.5, 0.6) is 0 Å². The van der Waals surface area contributed by atoms with E-state index < -0.39 is 0 Å². The van der Waals surface area contributed by atoms with Gasteiger partial charge >= 0.3 is 0 Å². The molecule has 0 aliphatic rings. The van der Waals surface area contributed by atoms with Gasteiger partial charge in [-0.1, -0.05) is 13.8 Å². The number of halogens is 1. The molecular weight excluding hydrogens is 267 g/mol. The summed E-state index contributed by atoms with van der Waals surface area (Å²) >= 11 is 0. The van der Waals surface area contributed by atoms with Crippen molar-refractivity contribution in [1.82, 2.24) is 20.1 Å². The molecule has 5 heteroatoms. The number of aryl methyl sites for hydroxylation is 2. The second-order valence-electron chi connectivity index (χ2n) is 5.22. The molecule has 0 aromatic carbocycles. The average molecular weight is 290 g/mol. The SMILES string of the molecule is CCCNC(Cc1cc(CC)nn1C)c1ccc(F)cn1. The van der Waals surface area contributed by atoms with Crippen LogP contribution in [0.2, 0.25) is 0 Å². The van der Waals surface area contributed by atoms with Crippen molar-refractivity contribution in [2.75, 3.05) is 6.54 Å². The molecule has 2 aromatic rings. The zero-order chi connectivity index (χ0) is 15.2. The molecule has 0 bridgehead atoms. The first-order chi connectivity index (χ1) is 10.1. The Morgan fingerprint density at radius 3 is 2.71 bits per heavy atom. The van der Waals surface area contributed by atoms with Crippen molar-refractivity contribution < 1.29 is 4.39 Å². The zero-order valence-corrected chi connectivity index (χ0v) is 12.9. The number of pyridine rings is 1. The van der Waals surface area contributed by atoms with E-state index in [9.17, 15) is 4.39 Å². The summed E-state index contributed by atoms with van der Waals surface area (Å²) in [5.74, 6) is -0.304. The lowest BCUT2D eigenvalue weighted by Gasteiger charge is -2.18. The third-order valence-electron chi connectivity index (χ3n) is 3.55. The molecular formula is C16H23FN4. The smallest absolute Gasteiger partial charge is 0.141 e. The second-order valence-corrected chi connectivity index (χ2v) is 5.22. The topological polar surface area (TPSA) is 42.7 Å². The molecule has 21 heavy (non-hydrogen) atoms. The minimum absolute atomic E-state index is 0.0747. The van der Waals surface area contributed by atoms with Crippen molar-refractivity contribution in [1.29, 1.82) is 0 Å². The summed E-state index contributed by atoms with van der Waals surface area (Å²) in [6.07, 6.45) is 4.04. The molecule has 0 amide bonds. The predicted molar refractivity (Wildman–Crippen MR) is 81.5 cm³/mol. The maximum atomic E-state index is 13.0. The normalized spacial score (nSPS) is 12.6. The highest BCUT2D eigenvalue weighted by molar-refractivity contribution is 5.16. The molecule has 0 aliphatic heterocycles. The first-order valence-electron chi connectivity index (χ1n) is 7.50. The summed E-state index contributed by atoms with van der Waals surface area (Å²) in [7, 11) is 1.96. The van der Waals surface area contributed by atoms with E-state index >= 15 is 0 Å². The molecule has 2 rings (SSSR count). The summed E-state index contributed by atoms with van der Waals surface area (Å²) < 4.78 is 15.0. The van der Waals surface area contributed by atoms with E-state index in [1.807, 2.05) is 11.7 Å². The standard InChI is InChI=1S/C16H23FN4/c1-4-8-18-16(15-7-6-12(17)11-19-15)10-14-9-13(5-2)20-21(14)3/h6-7,9,11,16,18H,4-5,8,10H2,1-3H3. The average Bonchev–Trinajstić information content (AvgIpc) is 2.85. The van der Waals surface area contributed by atoms with E-state index in [0.29, 0.717) is 0 Å². The van der Waals surface area contributed by atoms with Crippen LogP contribution in [0.15, 0.2) is 24.4 Å². The molecule has 4 nitrogen and oxygen atoms in total. The summed E-state index contributed by atoms with van der Waals surface area (Å²) in [5.41, 5.74) is 3.12. The number of rotatable bonds is 7. The van der Waals surface area contributed by atoms with Gasteiger partial charge in [0.05, 0.1) is 23.6 Å². The third-order valence-corrected chi connectivity index (χ3v) is 3.55. The van der Waals surface area contributed by atoms with Crippen molar-refractivity contribution in [3.8, 4) is 0 Å². The van der Waals surface area contributed by atoms with Crippen molar-refractivity contribution in [3.05, 3.63) is 47.3 Å². The van der Waals surface area contributed by atoms with E-state index in [1.165, 1.54) is 12.3 Å². The van der Waals surface area contributed by atoms with Crippen LogP contribution >= 0.6 is 0 Å². The lowest BCUT2D eigenvalue weighted by Crippen LogP contribution is -2.25. The van der Waals surface area contributed by atoms with Crippen LogP contribution in [-0.2, 0) is 19.9 Å². The van der Waals surface area contributed by atoms with Crippen LogP contribution < -0.4 is 5.32 Å². The molecule has 2 heterocycles. The predicted octanol–water partition coefficient (Wildman–Crippen LogP) is 2.80. The maximum Gasteiger partial charge on any atom is 0.141 e. The van der Waals surface area contributed by atoms with Gasteiger partial charge in [0.15, 0.2) is 0 Å². The van der Waals surface area contributed by atoms with Crippen LogP contribution in [0.25, 0.3) is 0 Å². The van der Waals surface area contributed by atoms with Gasteiger partial charge in [-0.15, -0.1) is 0 Å². The van der Waals surface area contributed by atoms with Crippen molar-refractivity contribution in [2.24, 2.45) is 7.05 Å². The summed E-state index contributed by atoms with van der Waals surface area (Å²) in [6, 6.07) is 5.42. The lowest BCUT2D eigenvalue weighted by molar-refractivity contribution is 0.499. The Labute approximate surface area is 125 Å². The molecule has 0 radical (unpaired) electrons. The molecule has 0 saturated carbocycles. The molecule has 1 unspecified atom stereocenters. The summed E-state index contributed by atoms with van der Waals surface area (Å²) in [6.45, 7) is 5.13. The van der Waals surface area contributed by atoms with Gasteiger partial charge in [0.1, 0.15) is 5.82 Å². The summed E-state index contributed by atoms with van der Waals surface area (Å²) in [5, 5.41) is 7.96. The van der Waals surface area contributed by atoms with E-state index in [4.69, 9.17) is 0 Å². The van der Waals surface area contributed by atoms with Gasteiger partial charge in [-0.25, -0.2) is 4.39 Å². The Kier molecular flexibility index (Phi) is 5.44. The Morgan fingerprint density at radius 2 is 2.14 bits per heavy atom. The van der Waals surface area contributed by atoms with Crippen LogP contribution in [-0.4, -0.2) is 21.3 Å². The van der Waals surface area contributed by atoms with Gasteiger partial charge in [-0.3, -0.25) is 9.67 Å². The largest absolute Gasteiger partial charge is 0.308 e. The number of hydrogen-bond acceptors (Lipinski definition) is 3. The van der Waals surface area contributed by atoms with Crippen molar-refractivity contribution in [3.63, 3.8) is 0 Å². The number of nitrogens with one attached hydrogen (secondary N) is 1. The second kappa shape index (κ2) is 7.31. The molecule has 0 fully saturated rings. The van der Waals surface area contributed by atoms with Crippen LogP contribution in [0.3, 0.4) is 0 Å². The number of nitrogens with zero attached hydrogens (tertiary/aromatic N) is 3. The van der Waals surface area contributed by atoms with Gasteiger partial charge in [0.2, 0.25) is 0 Å². The number of aromatic nitrogens is 3. The van der Waals surface area contributed by atoms with E-state index in [0.717, 1.165) is 42.9 Å². The van der Waals surface area contributed by atoms with Crippen molar-refractivity contribution in [2.45, 2.75) is 39.2 Å². The fourth-order valence-electron chi connectivity index (χ4n) is 2.34. The fourth-order valence-corrected chi connectivity index (χ4v) is 2.34. The highest BCUT2D eigenvalue weighted by Gasteiger charge is 2.16. The summed E-state index contributed by atoms with van der Waals surface area (Å²) in [4.78, 5) is 4.22. The maximum absolute atomic E-state index is 13.0. The number of hydrogen-bond donors (Lipinski definition) is 1. The highest BCUT2D eigenvalue weighted by atomic mass is 19.1. The minimum atomic E-state index is -0.304. The third kappa shape index (κ3) is 4.11. The first-order valence-corrected chi connectivity index (χ1v) is 7.50. The molecule has 1 N–H and O–H groups in total. The Bertz CT molecular complexity index is 562. The fraction of sp³-hybridized carbons (Fsp3) is 0.500. The van der Waals surface area contributed by atoms with Gasteiger partial charge < -0.3 is 5.32 Å². The quantitative estimate of drug-likeness (QED) is 0.852. The Balaban J connectivity index is 2.19.